The molecule has 0 aliphatic carbocycles. The molecule has 2 aromatic heterocycles. The molecule has 3 aromatic rings. The van der Waals surface area contributed by atoms with Crippen molar-refractivity contribution in [1.82, 2.24) is 9.97 Å². The first kappa shape index (κ1) is 15.4. The Morgan fingerprint density at radius 2 is 1.96 bits per heavy atom. The van der Waals surface area contributed by atoms with E-state index in [9.17, 15) is 9.50 Å². The minimum atomic E-state index is -0.403. The summed E-state index contributed by atoms with van der Waals surface area (Å²) in [5, 5.41) is 9.44. The van der Waals surface area contributed by atoms with Crippen molar-refractivity contribution in [2.45, 2.75) is 12.5 Å². The summed E-state index contributed by atoms with van der Waals surface area (Å²) >= 11 is 0. The van der Waals surface area contributed by atoms with Crippen LogP contribution in [0.25, 0.3) is 11.0 Å². The van der Waals surface area contributed by atoms with E-state index in [-0.39, 0.29) is 12.6 Å². The lowest BCUT2D eigenvalue weighted by atomic mass is 10.0. The zero-order valence-corrected chi connectivity index (χ0v) is 12.9. The summed E-state index contributed by atoms with van der Waals surface area (Å²) in [6.07, 6.45) is 3.44. The van der Waals surface area contributed by atoms with E-state index in [0.717, 1.165) is 11.3 Å². The van der Waals surface area contributed by atoms with Crippen molar-refractivity contribution < 1.29 is 9.50 Å². The highest BCUT2D eigenvalue weighted by molar-refractivity contribution is 5.87. The molecule has 1 atom stereocenters. The van der Waals surface area contributed by atoms with Gasteiger partial charge in [0.25, 0.3) is 0 Å². The molecule has 1 aromatic carbocycles. The van der Waals surface area contributed by atoms with Gasteiger partial charge in [-0.15, -0.1) is 0 Å². The van der Waals surface area contributed by atoms with Crippen LogP contribution in [0.15, 0.2) is 54.9 Å². The minimum Gasteiger partial charge on any atom is -0.396 e. The minimum absolute atomic E-state index is 0.00125. The van der Waals surface area contributed by atoms with Crippen LogP contribution in [-0.2, 0) is 0 Å². The lowest BCUT2D eigenvalue weighted by Gasteiger charge is -2.30. The van der Waals surface area contributed by atoms with Gasteiger partial charge < -0.3 is 10.0 Å². The van der Waals surface area contributed by atoms with Crippen molar-refractivity contribution in [3.8, 4) is 0 Å². The molecule has 3 rings (SSSR count). The number of aromatic nitrogens is 2. The summed E-state index contributed by atoms with van der Waals surface area (Å²) in [5.41, 5.74) is 3.13. The van der Waals surface area contributed by atoms with Gasteiger partial charge in [0, 0.05) is 25.9 Å². The van der Waals surface area contributed by atoms with Gasteiger partial charge in [0.1, 0.15) is 11.3 Å². The van der Waals surface area contributed by atoms with Gasteiger partial charge in [-0.3, -0.25) is 4.98 Å². The molecule has 0 unspecified atom stereocenters. The van der Waals surface area contributed by atoms with Crippen molar-refractivity contribution in [3.05, 3.63) is 66.2 Å². The van der Waals surface area contributed by atoms with Crippen LogP contribution in [0.5, 0.6) is 0 Å². The molecule has 2 heterocycles. The van der Waals surface area contributed by atoms with Crippen LogP contribution < -0.4 is 4.90 Å². The number of hydrogen-bond donors (Lipinski definition) is 1. The van der Waals surface area contributed by atoms with Crippen LogP contribution in [-0.4, -0.2) is 28.7 Å². The summed E-state index contributed by atoms with van der Waals surface area (Å²) in [7, 11) is 1.95. The second-order valence-electron chi connectivity index (χ2n) is 5.40. The third-order valence-corrected chi connectivity index (χ3v) is 3.96. The molecule has 4 nitrogen and oxygen atoms in total. The van der Waals surface area contributed by atoms with E-state index >= 15 is 0 Å². The number of nitrogens with zero attached hydrogens (tertiary/aromatic N) is 3. The fourth-order valence-corrected chi connectivity index (χ4v) is 2.83. The van der Waals surface area contributed by atoms with Crippen molar-refractivity contribution in [1.29, 1.82) is 0 Å². The van der Waals surface area contributed by atoms with Crippen LogP contribution in [0.2, 0.25) is 0 Å². The number of hydrogen-bond acceptors (Lipinski definition) is 4. The third-order valence-electron chi connectivity index (χ3n) is 3.96. The lowest BCUT2D eigenvalue weighted by molar-refractivity contribution is 0.275. The number of fused-ring (bicyclic) bond motifs is 1. The van der Waals surface area contributed by atoms with Gasteiger partial charge in [-0.05, 0) is 18.1 Å². The topological polar surface area (TPSA) is 49.2 Å². The molecule has 0 spiro atoms. The largest absolute Gasteiger partial charge is 0.396 e. The average molecular weight is 311 g/mol. The number of pyridine rings is 2. The molecule has 23 heavy (non-hydrogen) atoms. The molecular formula is C18H18FN3O. The van der Waals surface area contributed by atoms with Crippen LogP contribution in [0, 0.1) is 5.82 Å². The van der Waals surface area contributed by atoms with Gasteiger partial charge in [-0.1, -0.05) is 30.3 Å². The molecule has 0 fully saturated rings. The SMILES string of the molecule is CN(c1ccnc2cc(F)cnc12)[C@@H](CCO)c1ccccc1. The third kappa shape index (κ3) is 3.14. The lowest BCUT2D eigenvalue weighted by Crippen LogP contribution is -2.25. The number of aliphatic hydroxyl groups excluding tert-OH is 1. The van der Waals surface area contributed by atoms with E-state index in [0.29, 0.717) is 17.5 Å². The van der Waals surface area contributed by atoms with Gasteiger partial charge in [0.05, 0.1) is 23.4 Å². The second kappa shape index (κ2) is 6.71. The van der Waals surface area contributed by atoms with Crippen molar-refractivity contribution in [3.63, 3.8) is 0 Å². The van der Waals surface area contributed by atoms with Gasteiger partial charge >= 0.3 is 0 Å². The van der Waals surface area contributed by atoms with Gasteiger partial charge in [0.2, 0.25) is 0 Å². The number of rotatable bonds is 5. The standard InChI is InChI=1S/C18H18FN3O/c1-22(16(8-10-23)13-5-3-2-4-6-13)17-7-9-20-15-11-14(19)12-21-18(15)17/h2-7,9,11-12,16,23H,8,10H2,1H3/t16-/m0/s1. The van der Waals surface area contributed by atoms with Crippen LogP contribution in [0.1, 0.15) is 18.0 Å². The first-order valence-electron chi connectivity index (χ1n) is 7.49. The summed E-state index contributed by atoms with van der Waals surface area (Å²) in [6.45, 7) is 0.0783. The molecule has 0 aliphatic heterocycles. The number of benzene rings is 1. The van der Waals surface area contributed by atoms with E-state index in [1.165, 1.54) is 12.3 Å². The molecule has 5 heteroatoms. The quantitative estimate of drug-likeness (QED) is 0.785. The Hall–Kier alpha value is -2.53. The molecule has 0 saturated carbocycles. The van der Waals surface area contributed by atoms with E-state index in [1.807, 2.05) is 43.4 Å². The first-order valence-corrected chi connectivity index (χ1v) is 7.49. The first-order chi connectivity index (χ1) is 11.2. The van der Waals surface area contributed by atoms with Crippen molar-refractivity contribution in [2.75, 3.05) is 18.6 Å². The van der Waals surface area contributed by atoms with E-state index < -0.39 is 5.82 Å². The van der Waals surface area contributed by atoms with Gasteiger partial charge in [0.15, 0.2) is 0 Å². The summed E-state index contributed by atoms with van der Waals surface area (Å²) in [5.74, 6) is -0.403. The zero-order chi connectivity index (χ0) is 16.2. The highest BCUT2D eigenvalue weighted by Gasteiger charge is 2.19. The summed E-state index contributed by atoms with van der Waals surface area (Å²) < 4.78 is 13.4. The Morgan fingerprint density at radius 3 is 2.70 bits per heavy atom. The Bertz CT molecular complexity index is 795. The fraction of sp³-hybridized carbons (Fsp3) is 0.222. The molecule has 0 saturated heterocycles. The van der Waals surface area contributed by atoms with Gasteiger partial charge in [-0.2, -0.15) is 0 Å². The predicted octanol–water partition coefficient (Wildman–Crippen LogP) is 3.33. The Kier molecular flexibility index (Phi) is 4.48. The molecule has 0 aliphatic rings. The molecule has 1 N–H and O–H groups in total. The highest BCUT2D eigenvalue weighted by Crippen LogP contribution is 2.31. The predicted molar refractivity (Wildman–Crippen MR) is 88.8 cm³/mol. The summed E-state index contributed by atoms with van der Waals surface area (Å²) in [4.78, 5) is 10.4. The monoisotopic (exact) mass is 311 g/mol. The molecule has 118 valence electrons. The molecule has 0 radical (unpaired) electrons. The normalized spacial score (nSPS) is 12.3. The Labute approximate surface area is 134 Å². The van der Waals surface area contributed by atoms with E-state index in [1.54, 1.807) is 6.20 Å². The molecular weight excluding hydrogens is 293 g/mol. The Morgan fingerprint density at radius 1 is 1.17 bits per heavy atom. The molecule has 0 bridgehead atoms. The van der Waals surface area contributed by atoms with Crippen LogP contribution in [0.4, 0.5) is 10.1 Å². The van der Waals surface area contributed by atoms with Crippen LogP contribution in [0.3, 0.4) is 0 Å². The number of aliphatic hydroxyl groups is 1. The fourth-order valence-electron chi connectivity index (χ4n) is 2.83. The maximum Gasteiger partial charge on any atom is 0.143 e. The number of halogens is 1. The molecule has 0 amide bonds. The van der Waals surface area contributed by atoms with E-state index in [4.69, 9.17) is 0 Å². The van der Waals surface area contributed by atoms with Crippen LogP contribution >= 0.6 is 0 Å². The Balaban J connectivity index is 2.05. The van der Waals surface area contributed by atoms with Crippen molar-refractivity contribution >= 4 is 16.7 Å². The zero-order valence-electron chi connectivity index (χ0n) is 12.9. The summed E-state index contributed by atoms with van der Waals surface area (Å²) in [6, 6.07) is 13.2. The average Bonchev–Trinajstić information content (AvgIpc) is 2.59. The number of anilines is 1. The highest BCUT2D eigenvalue weighted by atomic mass is 19.1. The maximum absolute atomic E-state index is 13.4. The smallest absolute Gasteiger partial charge is 0.143 e. The second-order valence-corrected chi connectivity index (χ2v) is 5.40. The van der Waals surface area contributed by atoms with E-state index in [2.05, 4.69) is 14.9 Å². The van der Waals surface area contributed by atoms with Crippen molar-refractivity contribution in [2.24, 2.45) is 0 Å². The van der Waals surface area contributed by atoms with Gasteiger partial charge in [-0.25, -0.2) is 9.37 Å². The maximum atomic E-state index is 13.4.